The molecule has 8 heteroatoms. The van der Waals surface area contributed by atoms with Crippen LogP contribution in [0.5, 0.6) is 0 Å². The van der Waals surface area contributed by atoms with E-state index < -0.39 is 17.7 Å². The van der Waals surface area contributed by atoms with Gasteiger partial charge in [0.25, 0.3) is 0 Å². The van der Waals surface area contributed by atoms with Crippen LogP contribution in [0.25, 0.3) is 5.70 Å². The summed E-state index contributed by atoms with van der Waals surface area (Å²) in [5.74, 6) is -0.488. The predicted molar refractivity (Wildman–Crippen MR) is 140 cm³/mol. The van der Waals surface area contributed by atoms with E-state index in [4.69, 9.17) is 0 Å². The number of amidine groups is 1. The van der Waals surface area contributed by atoms with Gasteiger partial charge in [-0.15, -0.1) is 0 Å². The van der Waals surface area contributed by atoms with E-state index >= 15 is 0 Å². The molecule has 188 valence electrons. The van der Waals surface area contributed by atoms with Crippen molar-refractivity contribution in [2.24, 2.45) is 4.99 Å². The summed E-state index contributed by atoms with van der Waals surface area (Å²) in [5.41, 5.74) is 2.32. The topological polar surface area (TPSA) is 52.9 Å². The molecule has 0 bridgehead atoms. The zero-order valence-corrected chi connectivity index (χ0v) is 21.3. The molecule has 0 aliphatic rings. The second-order valence-electron chi connectivity index (χ2n) is 8.28. The van der Waals surface area contributed by atoms with Crippen molar-refractivity contribution in [1.82, 2.24) is 4.90 Å². The highest BCUT2D eigenvalue weighted by atomic mass is 79.9. The van der Waals surface area contributed by atoms with Crippen molar-refractivity contribution < 1.29 is 23.1 Å². The molecule has 0 unspecified atom stereocenters. The Bertz CT molecular complexity index is 1250. The van der Waals surface area contributed by atoms with Crippen LogP contribution in [-0.4, -0.2) is 34.9 Å². The van der Waals surface area contributed by atoms with Gasteiger partial charge in [0.15, 0.2) is 0 Å². The zero-order chi connectivity index (χ0) is 26.3. The number of aliphatic carboxylic acids is 1. The number of halogens is 4. The average Bonchev–Trinajstić information content (AvgIpc) is 2.84. The summed E-state index contributed by atoms with van der Waals surface area (Å²) in [6, 6.07) is 20.2. The average molecular weight is 559 g/mol. The molecule has 0 aliphatic carbocycles. The van der Waals surface area contributed by atoms with E-state index in [2.05, 4.69) is 27.5 Å². The Balaban J connectivity index is 2.03. The molecule has 0 amide bonds. The summed E-state index contributed by atoms with van der Waals surface area (Å²) in [6.07, 6.45) is -3.99. The quantitative estimate of drug-likeness (QED) is 0.223. The maximum atomic E-state index is 13.3. The first kappa shape index (κ1) is 27.2. The molecule has 0 aliphatic heterocycles. The van der Waals surface area contributed by atoms with Crippen LogP contribution in [0.1, 0.15) is 34.2 Å². The second kappa shape index (κ2) is 12.0. The Hall–Kier alpha value is -3.39. The molecule has 0 saturated heterocycles. The van der Waals surface area contributed by atoms with Crippen LogP contribution >= 0.6 is 15.9 Å². The number of hydrogen-bond acceptors (Lipinski definition) is 2. The molecule has 36 heavy (non-hydrogen) atoms. The molecular formula is C28H26BrF3N2O2. The van der Waals surface area contributed by atoms with E-state index in [1.54, 1.807) is 0 Å². The highest BCUT2D eigenvalue weighted by Gasteiger charge is 2.30. The van der Waals surface area contributed by atoms with Crippen molar-refractivity contribution in [3.8, 4) is 0 Å². The predicted octanol–water partition coefficient (Wildman–Crippen LogP) is 7.21. The van der Waals surface area contributed by atoms with Gasteiger partial charge >= 0.3 is 12.1 Å². The van der Waals surface area contributed by atoms with Crippen molar-refractivity contribution >= 4 is 33.4 Å². The number of hydrogen-bond donors (Lipinski definition) is 1. The summed E-state index contributed by atoms with van der Waals surface area (Å²) in [6.45, 7) is 6.48. The molecule has 0 heterocycles. The number of benzene rings is 3. The van der Waals surface area contributed by atoms with Gasteiger partial charge in [-0.25, -0.2) is 4.99 Å². The molecular weight excluding hydrogens is 533 g/mol. The van der Waals surface area contributed by atoms with E-state index in [1.807, 2.05) is 60.4 Å². The van der Waals surface area contributed by atoms with E-state index in [-0.39, 0.29) is 24.2 Å². The lowest BCUT2D eigenvalue weighted by Crippen LogP contribution is -2.36. The number of alkyl halides is 3. The van der Waals surface area contributed by atoms with Crippen LogP contribution in [0.2, 0.25) is 0 Å². The Morgan fingerprint density at radius 3 is 2.36 bits per heavy atom. The van der Waals surface area contributed by atoms with Crippen LogP contribution in [0.4, 0.5) is 13.2 Å². The standard InChI is InChI=1S/C28H26BrF3N2O2/c1-19-6-3-4-9-25(19)27(33-20(2)22-7-5-8-23(18-22)28(30,31)32)34(17-15-26(35)36)16-14-21-10-12-24(29)13-11-21/h3-13,18H,2,14-17H2,1H3,(H,35,36). The number of carboxylic acid groups (broad SMARTS) is 1. The van der Waals surface area contributed by atoms with Gasteiger partial charge in [-0.1, -0.05) is 71.0 Å². The van der Waals surface area contributed by atoms with E-state index in [1.165, 1.54) is 12.1 Å². The van der Waals surface area contributed by atoms with Crippen LogP contribution in [-0.2, 0) is 17.4 Å². The minimum atomic E-state index is -4.49. The summed E-state index contributed by atoms with van der Waals surface area (Å²) in [7, 11) is 0. The second-order valence-corrected chi connectivity index (χ2v) is 9.20. The first-order valence-corrected chi connectivity index (χ1v) is 12.1. The Labute approximate surface area is 216 Å². The van der Waals surface area contributed by atoms with Crippen LogP contribution in [0.3, 0.4) is 0 Å². The molecule has 0 aromatic heterocycles. The van der Waals surface area contributed by atoms with Crippen LogP contribution < -0.4 is 0 Å². The van der Waals surface area contributed by atoms with Gasteiger partial charge in [-0.05, 0) is 48.7 Å². The lowest BCUT2D eigenvalue weighted by atomic mass is 10.0. The van der Waals surface area contributed by atoms with Crippen LogP contribution in [0, 0.1) is 6.92 Å². The van der Waals surface area contributed by atoms with E-state index in [0.717, 1.165) is 33.3 Å². The van der Waals surface area contributed by atoms with Gasteiger partial charge < -0.3 is 10.0 Å². The summed E-state index contributed by atoms with van der Waals surface area (Å²) in [4.78, 5) is 18.0. The molecule has 3 aromatic carbocycles. The minimum absolute atomic E-state index is 0.124. The smallest absolute Gasteiger partial charge is 0.416 e. The lowest BCUT2D eigenvalue weighted by Gasteiger charge is -2.27. The Morgan fingerprint density at radius 2 is 1.72 bits per heavy atom. The number of rotatable bonds is 9. The van der Waals surface area contributed by atoms with Crippen molar-refractivity contribution in [3.63, 3.8) is 0 Å². The molecule has 0 atom stereocenters. The van der Waals surface area contributed by atoms with Gasteiger partial charge in [-0.2, -0.15) is 13.2 Å². The highest BCUT2D eigenvalue weighted by molar-refractivity contribution is 9.10. The fraction of sp³-hybridized carbons (Fsp3) is 0.214. The van der Waals surface area contributed by atoms with E-state index in [9.17, 15) is 23.1 Å². The van der Waals surface area contributed by atoms with Crippen molar-refractivity contribution in [1.29, 1.82) is 0 Å². The van der Waals surface area contributed by atoms with Gasteiger partial charge in [-0.3, -0.25) is 4.79 Å². The minimum Gasteiger partial charge on any atom is -0.481 e. The first-order valence-electron chi connectivity index (χ1n) is 11.3. The third-order valence-electron chi connectivity index (χ3n) is 5.63. The molecule has 3 rings (SSSR count). The molecule has 4 nitrogen and oxygen atoms in total. The van der Waals surface area contributed by atoms with Gasteiger partial charge in [0.05, 0.1) is 17.7 Å². The largest absolute Gasteiger partial charge is 0.481 e. The molecule has 0 radical (unpaired) electrons. The van der Waals surface area contributed by atoms with Gasteiger partial charge in [0.1, 0.15) is 5.84 Å². The fourth-order valence-corrected chi connectivity index (χ4v) is 3.93. The molecule has 0 saturated carbocycles. The normalized spacial score (nSPS) is 11.9. The number of aryl methyl sites for hydroxylation is 1. The SMILES string of the molecule is C=C(N=C(c1ccccc1C)N(CCC(=O)O)CCc1ccc(Br)cc1)c1cccc(C(F)(F)F)c1. The maximum absolute atomic E-state index is 13.3. The van der Waals surface area contributed by atoms with Crippen molar-refractivity contribution in [2.45, 2.75) is 25.9 Å². The number of aliphatic imine (C=N–C) groups is 1. The molecule has 0 fully saturated rings. The third kappa shape index (κ3) is 7.55. The third-order valence-corrected chi connectivity index (χ3v) is 6.16. The van der Waals surface area contributed by atoms with Crippen molar-refractivity contribution in [3.05, 3.63) is 112 Å². The molecule has 3 aromatic rings. The summed E-state index contributed by atoms with van der Waals surface area (Å²) < 4.78 is 40.8. The monoisotopic (exact) mass is 558 g/mol. The van der Waals surface area contributed by atoms with Gasteiger partial charge in [0.2, 0.25) is 0 Å². The lowest BCUT2D eigenvalue weighted by molar-refractivity contribution is -0.138. The fourth-order valence-electron chi connectivity index (χ4n) is 3.66. The molecule has 0 spiro atoms. The number of carboxylic acids is 1. The Morgan fingerprint density at radius 1 is 1.03 bits per heavy atom. The number of carbonyl (C=O) groups is 1. The maximum Gasteiger partial charge on any atom is 0.416 e. The first-order chi connectivity index (χ1) is 17.0. The van der Waals surface area contributed by atoms with Gasteiger partial charge in [0, 0.05) is 28.7 Å². The Kier molecular flexibility index (Phi) is 9.09. The molecule has 1 N–H and O–H groups in total. The summed E-state index contributed by atoms with van der Waals surface area (Å²) in [5, 5.41) is 9.36. The van der Waals surface area contributed by atoms with Crippen LogP contribution in [0.15, 0.2) is 88.8 Å². The summed E-state index contributed by atoms with van der Waals surface area (Å²) >= 11 is 3.42. The zero-order valence-electron chi connectivity index (χ0n) is 19.7. The number of nitrogens with zero attached hydrogens (tertiary/aromatic N) is 2. The highest BCUT2D eigenvalue weighted by Crippen LogP contribution is 2.31. The van der Waals surface area contributed by atoms with E-state index in [0.29, 0.717) is 18.8 Å². The van der Waals surface area contributed by atoms with Crippen molar-refractivity contribution in [2.75, 3.05) is 13.1 Å².